The molecule has 0 saturated heterocycles. The van der Waals surface area contributed by atoms with Gasteiger partial charge in [0, 0.05) is 0 Å². The van der Waals surface area contributed by atoms with Crippen LogP contribution in [0.3, 0.4) is 0 Å². The van der Waals surface area contributed by atoms with Gasteiger partial charge in [-0.1, -0.05) is 0 Å². The number of aromatic amines is 1. The molecule has 0 aliphatic heterocycles. The number of nitrogens with one attached hydrogen (secondary N) is 1. The van der Waals surface area contributed by atoms with E-state index in [2.05, 4.69) is 15.0 Å². The second-order valence-corrected chi connectivity index (χ2v) is 2.25. The smallest absolute Gasteiger partial charge is 0.300 e. The molecule has 0 atom stereocenters. The first-order chi connectivity index (χ1) is 5.70. The summed E-state index contributed by atoms with van der Waals surface area (Å²) in [4.78, 5) is 21.0. The predicted molar refractivity (Wildman–Crippen MR) is 42.7 cm³/mol. The molecule has 0 aromatic carbocycles. The van der Waals surface area contributed by atoms with Crippen LogP contribution in [0, 0.1) is 0 Å². The van der Waals surface area contributed by atoms with Crippen LogP contribution in [0.2, 0.25) is 0 Å². The van der Waals surface area contributed by atoms with E-state index in [-0.39, 0.29) is 11.5 Å². The van der Waals surface area contributed by atoms with Crippen molar-refractivity contribution < 1.29 is 0 Å². The summed E-state index contributed by atoms with van der Waals surface area (Å²) in [6, 6.07) is 0. The van der Waals surface area contributed by atoms with Crippen molar-refractivity contribution in [1.29, 1.82) is 0 Å². The van der Waals surface area contributed by atoms with Crippen LogP contribution in [-0.2, 0) is 0 Å². The molecule has 0 radical (unpaired) electrons. The van der Waals surface area contributed by atoms with Crippen molar-refractivity contribution in [3.8, 4) is 0 Å². The normalized spacial score (nSPS) is 10.7. The van der Waals surface area contributed by atoms with Gasteiger partial charge in [0.25, 0.3) is 0 Å². The molecule has 0 spiro atoms. The molecule has 2 rings (SSSR count). The molecule has 0 aliphatic carbocycles. The average Bonchev–Trinajstić information content (AvgIpc) is 2.48. The first-order valence-corrected chi connectivity index (χ1v) is 3.17. The molecule has 12 heavy (non-hydrogen) atoms. The minimum atomic E-state index is -0.457. The molecule has 62 valence electrons. The number of hydrogen-bond donors (Lipinski definition) is 3. The van der Waals surface area contributed by atoms with E-state index in [0.29, 0.717) is 5.65 Å². The number of H-pyrrole nitrogens is 1. The molecule has 5 N–H and O–H groups in total. The number of fused-ring (bicyclic) bond motifs is 1. The Morgan fingerprint density at radius 1 is 1.58 bits per heavy atom. The summed E-state index contributed by atoms with van der Waals surface area (Å²) in [5.41, 5.74) is 5.42. The van der Waals surface area contributed by atoms with E-state index in [1.54, 1.807) is 0 Å². The van der Waals surface area contributed by atoms with Crippen molar-refractivity contribution >= 4 is 17.1 Å². The lowest BCUT2D eigenvalue weighted by molar-refractivity contribution is 0.977. The molecule has 2 aromatic heterocycles. The van der Waals surface area contributed by atoms with Crippen molar-refractivity contribution in [2.24, 2.45) is 0 Å². The van der Waals surface area contributed by atoms with Crippen molar-refractivity contribution in [1.82, 2.24) is 19.6 Å². The van der Waals surface area contributed by atoms with Crippen LogP contribution in [0.15, 0.2) is 11.1 Å². The SMILES string of the molecule is Nc1nc(=O)c2[nH]cnc2n1N. The fraction of sp³-hybridized carbons (Fsp3) is 0. The zero-order chi connectivity index (χ0) is 8.72. The first kappa shape index (κ1) is 6.65. The number of anilines is 1. The molecule has 7 nitrogen and oxygen atoms in total. The second-order valence-electron chi connectivity index (χ2n) is 2.25. The molecule has 7 heteroatoms. The van der Waals surface area contributed by atoms with E-state index in [9.17, 15) is 4.79 Å². The van der Waals surface area contributed by atoms with Crippen molar-refractivity contribution in [3.05, 3.63) is 16.7 Å². The molecule has 0 unspecified atom stereocenters. The number of nitrogens with two attached hydrogens (primary N) is 2. The highest BCUT2D eigenvalue weighted by atomic mass is 16.1. The van der Waals surface area contributed by atoms with E-state index in [0.717, 1.165) is 4.68 Å². The lowest BCUT2D eigenvalue weighted by Gasteiger charge is -2.00. The van der Waals surface area contributed by atoms with E-state index in [1.165, 1.54) is 6.33 Å². The van der Waals surface area contributed by atoms with Gasteiger partial charge in [-0.05, 0) is 0 Å². The number of aromatic nitrogens is 4. The number of nitrogen functional groups attached to an aromatic ring is 2. The summed E-state index contributed by atoms with van der Waals surface area (Å²) >= 11 is 0. The van der Waals surface area contributed by atoms with Gasteiger partial charge in [-0.15, -0.1) is 0 Å². The third-order valence-electron chi connectivity index (χ3n) is 1.52. The molecule has 0 bridgehead atoms. The molecule has 0 aliphatic rings. The van der Waals surface area contributed by atoms with Crippen LogP contribution in [-0.4, -0.2) is 19.6 Å². The summed E-state index contributed by atoms with van der Waals surface area (Å²) in [6.45, 7) is 0. The molecule has 2 heterocycles. The van der Waals surface area contributed by atoms with Crippen molar-refractivity contribution in [3.63, 3.8) is 0 Å². The standard InChI is InChI=1S/C5H6N6O/c6-5-10-4(12)2-3(11(5)7)9-1-8-2/h1H,7H2,(H,8,9)(H2,6,10,12). The quantitative estimate of drug-likeness (QED) is 0.408. The summed E-state index contributed by atoms with van der Waals surface area (Å²) < 4.78 is 1.05. The Labute approximate surface area is 66.0 Å². The maximum Gasteiger partial charge on any atom is 0.300 e. The molecule has 0 fully saturated rings. The van der Waals surface area contributed by atoms with Gasteiger partial charge in [0.2, 0.25) is 5.95 Å². The van der Waals surface area contributed by atoms with Gasteiger partial charge in [0.05, 0.1) is 6.33 Å². The van der Waals surface area contributed by atoms with Gasteiger partial charge in [-0.25, -0.2) is 9.66 Å². The fourth-order valence-electron chi connectivity index (χ4n) is 0.949. The molecular formula is C5H6N6O. The highest BCUT2D eigenvalue weighted by molar-refractivity contribution is 5.70. The van der Waals surface area contributed by atoms with Gasteiger partial charge in [0.15, 0.2) is 11.2 Å². The predicted octanol–water partition coefficient (Wildman–Crippen LogP) is -1.58. The summed E-state index contributed by atoms with van der Waals surface area (Å²) in [5, 5.41) is 0. The minimum absolute atomic E-state index is 0.0559. The van der Waals surface area contributed by atoms with Gasteiger partial charge in [-0.2, -0.15) is 4.98 Å². The topological polar surface area (TPSA) is 116 Å². The van der Waals surface area contributed by atoms with E-state index in [4.69, 9.17) is 11.6 Å². The summed E-state index contributed by atoms with van der Waals surface area (Å²) in [5.74, 6) is 5.38. The highest BCUT2D eigenvalue weighted by Gasteiger charge is 2.07. The van der Waals surface area contributed by atoms with Crippen LogP contribution in [0.4, 0.5) is 5.95 Å². The zero-order valence-electron chi connectivity index (χ0n) is 5.98. The third kappa shape index (κ3) is 0.669. The maximum atomic E-state index is 11.1. The van der Waals surface area contributed by atoms with Crippen molar-refractivity contribution in [2.45, 2.75) is 0 Å². The lowest BCUT2D eigenvalue weighted by Crippen LogP contribution is -2.22. The van der Waals surface area contributed by atoms with Gasteiger partial charge in [-0.3, -0.25) is 4.79 Å². The van der Waals surface area contributed by atoms with Crippen LogP contribution in [0.1, 0.15) is 0 Å². The number of nitrogens with zero attached hydrogens (tertiary/aromatic N) is 3. The van der Waals surface area contributed by atoms with Crippen LogP contribution in [0.25, 0.3) is 11.2 Å². The first-order valence-electron chi connectivity index (χ1n) is 3.17. The van der Waals surface area contributed by atoms with Gasteiger partial charge < -0.3 is 16.6 Å². The van der Waals surface area contributed by atoms with Gasteiger partial charge in [0.1, 0.15) is 0 Å². The lowest BCUT2D eigenvalue weighted by atomic mass is 10.5. The minimum Gasteiger partial charge on any atom is -0.368 e. The zero-order valence-corrected chi connectivity index (χ0v) is 5.98. The fourth-order valence-corrected chi connectivity index (χ4v) is 0.949. The Morgan fingerprint density at radius 3 is 3.08 bits per heavy atom. The Hall–Kier alpha value is -2.05. The van der Waals surface area contributed by atoms with E-state index >= 15 is 0 Å². The third-order valence-corrected chi connectivity index (χ3v) is 1.52. The Balaban J connectivity index is 3.07. The number of hydrogen-bond acceptors (Lipinski definition) is 5. The molecule has 0 amide bonds. The average molecular weight is 166 g/mol. The summed E-state index contributed by atoms with van der Waals surface area (Å²) in [6.07, 6.45) is 1.36. The summed E-state index contributed by atoms with van der Waals surface area (Å²) in [7, 11) is 0. The largest absolute Gasteiger partial charge is 0.368 e. The number of rotatable bonds is 0. The van der Waals surface area contributed by atoms with E-state index in [1.807, 2.05) is 0 Å². The monoisotopic (exact) mass is 166 g/mol. The van der Waals surface area contributed by atoms with Crippen molar-refractivity contribution in [2.75, 3.05) is 11.6 Å². The Bertz CT molecular complexity index is 482. The van der Waals surface area contributed by atoms with Gasteiger partial charge >= 0.3 is 5.56 Å². The van der Waals surface area contributed by atoms with Crippen LogP contribution >= 0.6 is 0 Å². The highest BCUT2D eigenvalue weighted by Crippen LogP contribution is 2.02. The van der Waals surface area contributed by atoms with Crippen LogP contribution in [0.5, 0.6) is 0 Å². The molecule has 2 aromatic rings. The number of imidazole rings is 1. The molecule has 0 saturated carbocycles. The van der Waals surface area contributed by atoms with E-state index < -0.39 is 5.56 Å². The molecular weight excluding hydrogens is 160 g/mol. The Kier molecular flexibility index (Phi) is 1.09. The second kappa shape index (κ2) is 1.97. The Morgan fingerprint density at radius 2 is 2.33 bits per heavy atom. The maximum absolute atomic E-state index is 11.1. The van der Waals surface area contributed by atoms with Crippen LogP contribution < -0.4 is 17.1 Å².